The van der Waals surface area contributed by atoms with Gasteiger partial charge >= 0.3 is 0 Å². The average Bonchev–Trinajstić information content (AvgIpc) is 2.70. The highest BCUT2D eigenvalue weighted by Gasteiger charge is 2.20. The molecule has 0 aliphatic heterocycles. The van der Waals surface area contributed by atoms with Gasteiger partial charge in [-0.3, -0.25) is 10.1 Å². The maximum Gasteiger partial charge on any atom is 0.246 e. The standard InChI is InChI=1S/C21H20FN3O3S/c22-17-8-10-18(11-9-17)25-21(26)20(16-4-2-1-3-5-16)24-14-15-6-12-19(13-7-15)29(23,27)28/h1-13,20,24H,14H2,(H,25,26)(H2,23,27,28). The van der Waals surface area contributed by atoms with E-state index in [0.29, 0.717) is 12.2 Å². The summed E-state index contributed by atoms with van der Waals surface area (Å²) in [6.07, 6.45) is 0. The summed E-state index contributed by atoms with van der Waals surface area (Å²) < 4.78 is 35.8. The van der Waals surface area contributed by atoms with Gasteiger partial charge < -0.3 is 5.32 Å². The van der Waals surface area contributed by atoms with Gasteiger partial charge in [-0.15, -0.1) is 0 Å². The number of nitrogens with two attached hydrogens (primary N) is 1. The van der Waals surface area contributed by atoms with Crippen LogP contribution < -0.4 is 15.8 Å². The van der Waals surface area contributed by atoms with E-state index in [4.69, 9.17) is 5.14 Å². The van der Waals surface area contributed by atoms with E-state index >= 15 is 0 Å². The first-order valence-electron chi connectivity index (χ1n) is 8.79. The summed E-state index contributed by atoms with van der Waals surface area (Å²) in [5.41, 5.74) is 2.03. The number of carbonyl (C=O) groups is 1. The molecule has 8 heteroatoms. The van der Waals surface area contributed by atoms with Gasteiger partial charge in [0.05, 0.1) is 4.90 Å². The maximum atomic E-state index is 13.1. The third-order valence-electron chi connectivity index (χ3n) is 4.27. The van der Waals surface area contributed by atoms with Crippen molar-refractivity contribution in [2.75, 3.05) is 5.32 Å². The van der Waals surface area contributed by atoms with Gasteiger partial charge in [0.2, 0.25) is 15.9 Å². The highest BCUT2D eigenvalue weighted by Crippen LogP contribution is 2.18. The van der Waals surface area contributed by atoms with Crippen molar-refractivity contribution < 1.29 is 17.6 Å². The van der Waals surface area contributed by atoms with E-state index in [2.05, 4.69) is 10.6 Å². The van der Waals surface area contributed by atoms with E-state index < -0.39 is 16.1 Å². The Bertz CT molecular complexity index is 1070. The number of sulfonamides is 1. The summed E-state index contributed by atoms with van der Waals surface area (Å²) in [6, 6.07) is 20.1. The number of amides is 1. The maximum absolute atomic E-state index is 13.1. The largest absolute Gasteiger partial charge is 0.324 e. The van der Waals surface area contributed by atoms with Crippen LogP contribution in [0.15, 0.2) is 83.8 Å². The molecular weight excluding hydrogens is 393 g/mol. The van der Waals surface area contributed by atoms with Gasteiger partial charge in [-0.2, -0.15) is 0 Å². The Balaban J connectivity index is 1.75. The molecule has 1 unspecified atom stereocenters. The molecular formula is C21H20FN3O3S. The Kier molecular flexibility index (Phi) is 6.38. The van der Waals surface area contributed by atoms with Crippen molar-refractivity contribution >= 4 is 21.6 Å². The molecule has 0 saturated carbocycles. The van der Waals surface area contributed by atoms with Crippen molar-refractivity contribution in [3.05, 3.63) is 95.8 Å². The number of halogens is 1. The fraction of sp³-hybridized carbons (Fsp3) is 0.0952. The molecule has 3 aromatic rings. The Morgan fingerprint density at radius 3 is 2.14 bits per heavy atom. The lowest BCUT2D eigenvalue weighted by Gasteiger charge is -2.19. The van der Waals surface area contributed by atoms with E-state index in [1.54, 1.807) is 12.1 Å². The third-order valence-corrected chi connectivity index (χ3v) is 5.20. The molecule has 0 bridgehead atoms. The van der Waals surface area contributed by atoms with Crippen LogP contribution in [0.5, 0.6) is 0 Å². The number of primary sulfonamides is 1. The second-order valence-electron chi connectivity index (χ2n) is 6.41. The van der Waals surface area contributed by atoms with Crippen molar-refractivity contribution in [1.82, 2.24) is 5.32 Å². The SMILES string of the molecule is NS(=O)(=O)c1ccc(CNC(C(=O)Nc2ccc(F)cc2)c2ccccc2)cc1. The molecule has 1 amide bonds. The quantitative estimate of drug-likeness (QED) is 0.554. The van der Waals surface area contributed by atoms with Gasteiger partial charge in [0, 0.05) is 12.2 Å². The van der Waals surface area contributed by atoms with Crippen LogP contribution in [0.4, 0.5) is 10.1 Å². The van der Waals surface area contributed by atoms with Gasteiger partial charge in [0.1, 0.15) is 11.9 Å². The van der Waals surface area contributed by atoms with Crippen LogP contribution in [-0.2, 0) is 21.4 Å². The molecule has 29 heavy (non-hydrogen) atoms. The van der Waals surface area contributed by atoms with Crippen LogP contribution >= 0.6 is 0 Å². The summed E-state index contributed by atoms with van der Waals surface area (Å²) in [6.45, 7) is 0.321. The van der Waals surface area contributed by atoms with Gasteiger partial charge in [-0.05, 0) is 47.5 Å². The number of rotatable bonds is 7. The van der Waals surface area contributed by atoms with Crippen molar-refractivity contribution in [3.63, 3.8) is 0 Å². The fourth-order valence-corrected chi connectivity index (χ4v) is 3.29. The summed E-state index contributed by atoms with van der Waals surface area (Å²) in [4.78, 5) is 12.9. The Morgan fingerprint density at radius 1 is 0.931 bits per heavy atom. The monoisotopic (exact) mass is 413 g/mol. The van der Waals surface area contributed by atoms with Crippen LogP contribution in [-0.4, -0.2) is 14.3 Å². The van der Waals surface area contributed by atoms with Crippen LogP contribution in [0.1, 0.15) is 17.2 Å². The van der Waals surface area contributed by atoms with E-state index in [0.717, 1.165) is 11.1 Å². The lowest BCUT2D eigenvalue weighted by atomic mass is 10.1. The molecule has 0 saturated heterocycles. The van der Waals surface area contributed by atoms with Crippen LogP contribution in [0.2, 0.25) is 0 Å². The highest BCUT2D eigenvalue weighted by atomic mass is 32.2. The van der Waals surface area contributed by atoms with Crippen molar-refractivity contribution in [2.45, 2.75) is 17.5 Å². The Morgan fingerprint density at radius 2 is 1.55 bits per heavy atom. The predicted molar refractivity (Wildman–Crippen MR) is 109 cm³/mol. The number of hydrogen-bond donors (Lipinski definition) is 3. The molecule has 0 radical (unpaired) electrons. The molecule has 0 aliphatic carbocycles. The lowest BCUT2D eigenvalue weighted by molar-refractivity contribution is -0.118. The number of hydrogen-bond acceptors (Lipinski definition) is 4. The first kappa shape index (κ1) is 20.7. The molecule has 0 heterocycles. The third kappa shape index (κ3) is 5.71. The first-order chi connectivity index (χ1) is 13.8. The van der Waals surface area contributed by atoms with Crippen molar-refractivity contribution in [3.8, 4) is 0 Å². The van der Waals surface area contributed by atoms with Gasteiger partial charge in [0.25, 0.3) is 0 Å². The minimum absolute atomic E-state index is 0.0231. The highest BCUT2D eigenvalue weighted by molar-refractivity contribution is 7.89. The van der Waals surface area contributed by atoms with Gasteiger partial charge in [0.15, 0.2) is 0 Å². The van der Waals surface area contributed by atoms with E-state index in [1.165, 1.54) is 36.4 Å². The molecule has 0 aromatic heterocycles. The Labute approximate surface area is 168 Å². The van der Waals surface area contributed by atoms with Crippen LogP contribution in [0.25, 0.3) is 0 Å². The summed E-state index contributed by atoms with van der Waals surface area (Å²) in [7, 11) is -3.76. The second-order valence-corrected chi connectivity index (χ2v) is 7.97. The number of anilines is 1. The van der Waals surface area contributed by atoms with Crippen LogP contribution in [0, 0.1) is 5.82 Å². The zero-order valence-corrected chi connectivity index (χ0v) is 16.2. The smallest absolute Gasteiger partial charge is 0.246 e. The lowest BCUT2D eigenvalue weighted by Crippen LogP contribution is -2.32. The molecule has 1 atom stereocenters. The zero-order valence-electron chi connectivity index (χ0n) is 15.4. The summed E-state index contributed by atoms with van der Waals surface area (Å²) >= 11 is 0. The topological polar surface area (TPSA) is 101 Å². The van der Waals surface area contributed by atoms with Crippen LogP contribution in [0.3, 0.4) is 0 Å². The zero-order chi connectivity index (χ0) is 20.9. The first-order valence-corrected chi connectivity index (χ1v) is 10.3. The Hall–Kier alpha value is -3.07. The number of nitrogens with one attached hydrogen (secondary N) is 2. The van der Waals surface area contributed by atoms with Gasteiger partial charge in [-0.25, -0.2) is 17.9 Å². The van der Waals surface area contributed by atoms with Crippen molar-refractivity contribution in [1.29, 1.82) is 0 Å². The predicted octanol–water partition coefficient (Wildman–Crippen LogP) is 2.94. The molecule has 0 aliphatic rings. The summed E-state index contributed by atoms with van der Waals surface area (Å²) in [5.74, 6) is -0.687. The second kappa shape index (κ2) is 8.95. The molecule has 6 nitrogen and oxygen atoms in total. The molecule has 3 aromatic carbocycles. The van der Waals surface area contributed by atoms with E-state index in [9.17, 15) is 17.6 Å². The number of carbonyl (C=O) groups excluding carboxylic acids is 1. The molecule has 0 spiro atoms. The van der Waals surface area contributed by atoms with Crippen molar-refractivity contribution in [2.24, 2.45) is 5.14 Å². The minimum atomic E-state index is -3.76. The normalized spacial score (nSPS) is 12.3. The van der Waals surface area contributed by atoms with Gasteiger partial charge in [-0.1, -0.05) is 42.5 Å². The average molecular weight is 413 g/mol. The fourth-order valence-electron chi connectivity index (χ4n) is 2.77. The molecule has 0 fully saturated rings. The minimum Gasteiger partial charge on any atom is -0.324 e. The van der Waals surface area contributed by atoms with E-state index in [-0.39, 0.29) is 16.6 Å². The molecule has 150 valence electrons. The number of benzene rings is 3. The molecule has 3 rings (SSSR count). The summed E-state index contributed by atoms with van der Waals surface area (Å²) in [5, 5.41) is 11.1. The molecule has 4 N–H and O–H groups in total. The van der Waals surface area contributed by atoms with E-state index in [1.807, 2.05) is 30.3 Å².